The van der Waals surface area contributed by atoms with Crippen LogP contribution >= 0.6 is 11.3 Å². The molecule has 8 aromatic carbocycles. The van der Waals surface area contributed by atoms with E-state index in [1.165, 1.54) is 64.9 Å². The van der Waals surface area contributed by atoms with E-state index >= 15 is 0 Å². The molecular formula is C49H33NOS. The van der Waals surface area contributed by atoms with Crippen LogP contribution in [0, 0.1) is 0 Å². The molecule has 1 aliphatic carbocycles. The van der Waals surface area contributed by atoms with Gasteiger partial charge in [0.2, 0.25) is 0 Å². The van der Waals surface area contributed by atoms with Crippen LogP contribution in [-0.4, -0.2) is 0 Å². The van der Waals surface area contributed by atoms with Crippen molar-refractivity contribution in [1.29, 1.82) is 0 Å². The minimum Gasteiger partial charge on any atom is -0.456 e. The van der Waals surface area contributed by atoms with Gasteiger partial charge in [-0.05, 0) is 81.4 Å². The number of benzene rings is 8. The molecule has 0 radical (unpaired) electrons. The fourth-order valence-electron chi connectivity index (χ4n) is 8.92. The molecule has 1 aliphatic heterocycles. The predicted octanol–water partition coefficient (Wildman–Crippen LogP) is 14.4. The smallest absolute Gasteiger partial charge is 0.136 e. The molecule has 9 aromatic rings. The molecule has 0 amide bonds. The zero-order valence-electron chi connectivity index (χ0n) is 28.9. The first-order valence-corrected chi connectivity index (χ1v) is 18.7. The maximum absolute atomic E-state index is 6.80. The number of nitrogens with zero attached hydrogens (tertiary/aromatic N) is 1. The van der Waals surface area contributed by atoms with E-state index in [4.69, 9.17) is 4.74 Å². The highest BCUT2D eigenvalue weighted by Gasteiger charge is 2.39. The van der Waals surface area contributed by atoms with Crippen molar-refractivity contribution < 1.29 is 4.74 Å². The number of thiophene rings is 1. The van der Waals surface area contributed by atoms with Crippen LogP contribution in [0.4, 0.5) is 17.1 Å². The highest BCUT2D eigenvalue weighted by atomic mass is 32.1. The lowest BCUT2D eigenvalue weighted by Gasteiger charge is -2.34. The van der Waals surface area contributed by atoms with Gasteiger partial charge in [0.1, 0.15) is 11.5 Å². The lowest BCUT2D eigenvalue weighted by atomic mass is 9.81. The van der Waals surface area contributed by atoms with Gasteiger partial charge in [0.25, 0.3) is 0 Å². The van der Waals surface area contributed by atoms with Gasteiger partial charge < -0.3 is 9.64 Å². The quantitative estimate of drug-likeness (QED) is 0.183. The lowest BCUT2D eigenvalue weighted by Crippen LogP contribution is -2.21. The fraction of sp³-hybridized carbons (Fsp3) is 0.0612. The second-order valence-corrected chi connectivity index (χ2v) is 15.5. The first-order chi connectivity index (χ1) is 25.6. The Morgan fingerprint density at radius 3 is 2.12 bits per heavy atom. The number of rotatable bonds is 4. The Labute approximate surface area is 306 Å². The summed E-state index contributed by atoms with van der Waals surface area (Å²) in [5, 5.41) is 4.89. The van der Waals surface area contributed by atoms with E-state index in [-0.39, 0.29) is 5.41 Å². The number of hydrogen-bond donors (Lipinski definition) is 0. The standard InChI is InChI=1S/C49H33NOS/c1-49(2)39-21-8-6-15-32(39)36-18-11-22-41(47(36)49)50(42-23-12-19-37-34-16-7-9-24-45(34)52-48(37)42)40-27-28-43-46-35(17-10-20-38(40)46)33-26-25-31(29-44(33)51-43)30-13-4-3-5-14-30/h3-29H,1-2H3. The maximum atomic E-state index is 6.80. The predicted molar refractivity (Wildman–Crippen MR) is 220 cm³/mol. The van der Waals surface area contributed by atoms with Crippen molar-refractivity contribution in [3.05, 3.63) is 175 Å². The van der Waals surface area contributed by atoms with Crippen molar-refractivity contribution >= 4 is 59.3 Å². The summed E-state index contributed by atoms with van der Waals surface area (Å²) in [5.74, 6) is 1.78. The van der Waals surface area contributed by atoms with Gasteiger partial charge in [-0.1, -0.05) is 135 Å². The number of hydrogen-bond acceptors (Lipinski definition) is 3. The molecule has 0 saturated heterocycles. The fourth-order valence-corrected chi connectivity index (χ4v) is 10.1. The van der Waals surface area contributed by atoms with Gasteiger partial charge in [-0.15, -0.1) is 11.3 Å². The first-order valence-electron chi connectivity index (χ1n) is 17.9. The van der Waals surface area contributed by atoms with Gasteiger partial charge in [-0.2, -0.15) is 0 Å². The molecule has 2 heterocycles. The molecule has 1 aromatic heterocycles. The van der Waals surface area contributed by atoms with Gasteiger partial charge in [-0.25, -0.2) is 0 Å². The Morgan fingerprint density at radius 2 is 1.19 bits per heavy atom. The van der Waals surface area contributed by atoms with Crippen molar-refractivity contribution in [3.63, 3.8) is 0 Å². The number of fused-ring (bicyclic) bond motifs is 8. The van der Waals surface area contributed by atoms with Crippen molar-refractivity contribution in [2.24, 2.45) is 0 Å². The highest BCUT2D eigenvalue weighted by molar-refractivity contribution is 7.26. The van der Waals surface area contributed by atoms with Crippen molar-refractivity contribution in [3.8, 4) is 44.9 Å². The summed E-state index contributed by atoms with van der Waals surface area (Å²) in [6.45, 7) is 4.76. The zero-order chi connectivity index (χ0) is 34.6. The average molecular weight is 684 g/mol. The molecule has 11 rings (SSSR count). The summed E-state index contributed by atoms with van der Waals surface area (Å²) in [5.41, 5.74) is 13.3. The minimum atomic E-state index is -0.195. The molecule has 0 spiro atoms. The summed E-state index contributed by atoms with van der Waals surface area (Å²) in [6.07, 6.45) is 0. The van der Waals surface area contributed by atoms with E-state index < -0.39 is 0 Å². The van der Waals surface area contributed by atoms with E-state index in [0.717, 1.165) is 39.1 Å². The minimum absolute atomic E-state index is 0.195. The Kier molecular flexibility index (Phi) is 6.21. The van der Waals surface area contributed by atoms with Gasteiger partial charge in [-0.3, -0.25) is 0 Å². The summed E-state index contributed by atoms with van der Waals surface area (Å²) in [7, 11) is 0. The molecular weight excluding hydrogens is 651 g/mol. The van der Waals surface area contributed by atoms with E-state index in [0.29, 0.717) is 0 Å². The summed E-state index contributed by atoms with van der Waals surface area (Å²) >= 11 is 1.88. The second kappa shape index (κ2) is 10.9. The third-order valence-corrected chi connectivity index (χ3v) is 12.5. The summed E-state index contributed by atoms with van der Waals surface area (Å²) in [6, 6.07) is 59.7. The number of anilines is 3. The van der Waals surface area contributed by atoms with Gasteiger partial charge in [0.15, 0.2) is 0 Å². The molecule has 0 saturated carbocycles. The van der Waals surface area contributed by atoms with Crippen LogP contribution < -0.4 is 9.64 Å². The third-order valence-electron chi connectivity index (χ3n) is 11.2. The molecule has 0 unspecified atom stereocenters. The third kappa shape index (κ3) is 4.11. The summed E-state index contributed by atoms with van der Waals surface area (Å²) in [4.78, 5) is 2.54. The second-order valence-electron chi connectivity index (χ2n) is 14.4. The van der Waals surface area contributed by atoms with Crippen molar-refractivity contribution in [2.45, 2.75) is 19.3 Å². The van der Waals surface area contributed by atoms with Crippen LogP contribution in [0.5, 0.6) is 11.5 Å². The Bertz CT molecular complexity index is 2920. The first kappa shape index (κ1) is 29.6. The molecule has 0 fully saturated rings. The summed E-state index contributed by atoms with van der Waals surface area (Å²) < 4.78 is 9.38. The molecule has 2 nitrogen and oxygen atoms in total. The lowest BCUT2D eigenvalue weighted by molar-refractivity contribution is 0.487. The van der Waals surface area contributed by atoms with Gasteiger partial charge in [0, 0.05) is 37.2 Å². The zero-order valence-corrected chi connectivity index (χ0v) is 29.7. The SMILES string of the molecule is CC1(C)c2ccccc2-c2cccc(N(c3ccc4c5c(cccc35)-c3ccc(-c5ccccc5)cc3O4)c3cccc4c3sc3ccccc34)c21. The average Bonchev–Trinajstić information content (AvgIpc) is 3.69. The number of ether oxygens (including phenoxy) is 1. The van der Waals surface area contributed by atoms with Crippen LogP contribution in [-0.2, 0) is 5.41 Å². The van der Waals surface area contributed by atoms with Crippen LogP contribution in [0.1, 0.15) is 25.0 Å². The van der Waals surface area contributed by atoms with Crippen LogP contribution in [0.3, 0.4) is 0 Å². The van der Waals surface area contributed by atoms with E-state index in [9.17, 15) is 0 Å². The molecule has 52 heavy (non-hydrogen) atoms. The van der Waals surface area contributed by atoms with Crippen LogP contribution in [0.15, 0.2) is 164 Å². The largest absolute Gasteiger partial charge is 0.456 e. The van der Waals surface area contributed by atoms with Crippen LogP contribution in [0.25, 0.3) is 64.3 Å². The normalized spacial score (nSPS) is 13.5. The van der Waals surface area contributed by atoms with Gasteiger partial charge >= 0.3 is 0 Å². The molecule has 0 atom stereocenters. The monoisotopic (exact) mass is 683 g/mol. The van der Waals surface area contributed by atoms with Gasteiger partial charge in [0.05, 0.1) is 21.8 Å². The van der Waals surface area contributed by atoms with Crippen molar-refractivity contribution in [1.82, 2.24) is 0 Å². The molecule has 0 bridgehead atoms. The molecule has 2 aliphatic rings. The van der Waals surface area contributed by atoms with E-state index in [1.807, 2.05) is 11.3 Å². The van der Waals surface area contributed by atoms with Crippen molar-refractivity contribution in [2.75, 3.05) is 4.90 Å². The molecule has 3 heteroatoms. The molecule has 0 N–H and O–H groups in total. The molecule has 246 valence electrons. The Morgan fingerprint density at radius 1 is 0.481 bits per heavy atom. The van der Waals surface area contributed by atoms with E-state index in [1.54, 1.807) is 0 Å². The maximum Gasteiger partial charge on any atom is 0.136 e. The highest BCUT2D eigenvalue weighted by Crippen LogP contribution is 2.57. The Balaban J connectivity index is 1.19. The van der Waals surface area contributed by atoms with E-state index in [2.05, 4.69) is 183 Å². The topological polar surface area (TPSA) is 12.5 Å². The van der Waals surface area contributed by atoms with Crippen LogP contribution in [0.2, 0.25) is 0 Å². The Hall–Kier alpha value is -6.16.